The van der Waals surface area contributed by atoms with E-state index in [2.05, 4.69) is 31.1 Å². The van der Waals surface area contributed by atoms with Crippen LogP contribution in [0.15, 0.2) is 32.2 Å². The van der Waals surface area contributed by atoms with Crippen molar-refractivity contribution in [3.05, 3.63) is 27.8 Å². The van der Waals surface area contributed by atoms with Gasteiger partial charge in [-0.1, -0.05) is 11.3 Å². The van der Waals surface area contributed by atoms with Gasteiger partial charge in [0, 0.05) is 10.7 Å². The van der Waals surface area contributed by atoms with Crippen LogP contribution in [0.1, 0.15) is 5.01 Å². The predicted molar refractivity (Wildman–Crippen MR) is 60.7 cm³/mol. The Kier molecular flexibility index (Phi) is 3.15. The fourth-order valence-electron chi connectivity index (χ4n) is 0.832. The average Bonchev–Trinajstić information content (AvgIpc) is 2.56. The molecular formula is C8H6BrN3S2. The van der Waals surface area contributed by atoms with E-state index in [9.17, 15) is 0 Å². The van der Waals surface area contributed by atoms with Crippen LogP contribution in [0.25, 0.3) is 0 Å². The molecule has 0 atom stereocenters. The van der Waals surface area contributed by atoms with Gasteiger partial charge in [0.15, 0.2) is 4.34 Å². The Morgan fingerprint density at radius 1 is 1.36 bits per heavy atom. The quantitative estimate of drug-likeness (QED) is 0.851. The minimum Gasteiger partial charge on any atom is -0.248 e. The van der Waals surface area contributed by atoms with Crippen LogP contribution >= 0.6 is 39.0 Å². The molecule has 2 aromatic heterocycles. The average molecular weight is 288 g/mol. The number of rotatable bonds is 2. The largest absolute Gasteiger partial charge is 0.248 e. The van der Waals surface area contributed by atoms with E-state index in [0.29, 0.717) is 0 Å². The zero-order valence-electron chi connectivity index (χ0n) is 7.27. The van der Waals surface area contributed by atoms with Gasteiger partial charge in [0.25, 0.3) is 0 Å². The molecule has 0 radical (unpaired) electrons. The lowest BCUT2D eigenvalue weighted by Crippen LogP contribution is -1.78. The Labute approximate surface area is 98.1 Å². The van der Waals surface area contributed by atoms with E-state index in [1.807, 2.05) is 19.1 Å². The van der Waals surface area contributed by atoms with Crippen molar-refractivity contribution in [2.45, 2.75) is 16.3 Å². The van der Waals surface area contributed by atoms with Crippen LogP contribution in [-0.4, -0.2) is 15.2 Å². The summed E-state index contributed by atoms with van der Waals surface area (Å²) < 4.78 is 1.91. The van der Waals surface area contributed by atoms with Crippen LogP contribution in [0.4, 0.5) is 0 Å². The first-order valence-electron chi connectivity index (χ1n) is 3.83. The number of aromatic nitrogens is 3. The van der Waals surface area contributed by atoms with Crippen molar-refractivity contribution >= 4 is 39.0 Å². The molecule has 0 aromatic carbocycles. The first kappa shape index (κ1) is 10.1. The second kappa shape index (κ2) is 4.37. The van der Waals surface area contributed by atoms with Gasteiger partial charge in [-0.2, -0.15) is 0 Å². The first-order valence-corrected chi connectivity index (χ1v) is 6.26. The third kappa shape index (κ3) is 2.52. The molecule has 2 heterocycles. The number of hydrogen-bond acceptors (Lipinski definition) is 5. The van der Waals surface area contributed by atoms with Gasteiger partial charge in [0.1, 0.15) is 10.0 Å². The van der Waals surface area contributed by atoms with E-state index < -0.39 is 0 Å². The highest BCUT2D eigenvalue weighted by Crippen LogP contribution is 2.28. The lowest BCUT2D eigenvalue weighted by molar-refractivity contribution is 0.980. The molecule has 0 fully saturated rings. The fourth-order valence-corrected chi connectivity index (χ4v) is 2.77. The van der Waals surface area contributed by atoms with Crippen LogP contribution in [0.3, 0.4) is 0 Å². The summed E-state index contributed by atoms with van der Waals surface area (Å²) in [5.74, 6) is 0. The Hall–Kier alpha value is -0.460. The van der Waals surface area contributed by atoms with Crippen molar-refractivity contribution in [3.63, 3.8) is 0 Å². The van der Waals surface area contributed by atoms with E-state index >= 15 is 0 Å². The third-order valence-corrected chi connectivity index (χ3v) is 3.71. The van der Waals surface area contributed by atoms with Crippen LogP contribution in [-0.2, 0) is 0 Å². The maximum atomic E-state index is 4.24. The van der Waals surface area contributed by atoms with E-state index in [1.165, 1.54) is 11.8 Å². The second-order valence-electron chi connectivity index (χ2n) is 2.50. The van der Waals surface area contributed by atoms with Crippen molar-refractivity contribution in [2.24, 2.45) is 0 Å². The molecule has 0 aliphatic carbocycles. The molecule has 72 valence electrons. The molecule has 0 unspecified atom stereocenters. The van der Waals surface area contributed by atoms with Gasteiger partial charge in [-0.25, -0.2) is 4.98 Å². The molecule has 2 aromatic rings. The Bertz CT molecular complexity index is 426. The summed E-state index contributed by atoms with van der Waals surface area (Å²) in [4.78, 5) is 4.24. The van der Waals surface area contributed by atoms with Crippen LogP contribution in [0.2, 0.25) is 0 Å². The predicted octanol–water partition coefficient (Wildman–Crippen LogP) is 3.16. The van der Waals surface area contributed by atoms with Crippen molar-refractivity contribution in [2.75, 3.05) is 0 Å². The van der Waals surface area contributed by atoms with Gasteiger partial charge >= 0.3 is 0 Å². The molecule has 0 amide bonds. The normalized spacial score (nSPS) is 10.4. The first-order chi connectivity index (χ1) is 6.74. The summed E-state index contributed by atoms with van der Waals surface area (Å²) in [6.45, 7) is 1.94. The summed E-state index contributed by atoms with van der Waals surface area (Å²) in [6.07, 6.45) is 1.77. The lowest BCUT2D eigenvalue weighted by Gasteiger charge is -1.94. The van der Waals surface area contributed by atoms with Crippen molar-refractivity contribution in [3.8, 4) is 0 Å². The molecule has 0 bridgehead atoms. The molecule has 0 aliphatic heterocycles. The standard InChI is InChI=1S/C8H6BrN3S2/c1-5-11-12-8(13-5)14-7-3-2-6(9)4-10-7/h2-4H,1H3. The van der Waals surface area contributed by atoms with Crippen molar-refractivity contribution < 1.29 is 0 Å². The SMILES string of the molecule is Cc1nnc(Sc2ccc(Br)cn2)s1. The van der Waals surface area contributed by atoms with E-state index in [1.54, 1.807) is 17.5 Å². The highest BCUT2D eigenvalue weighted by Gasteiger charge is 2.03. The molecule has 0 aliphatic rings. The Balaban J connectivity index is 2.15. The van der Waals surface area contributed by atoms with E-state index in [4.69, 9.17) is 0 Å². The lowest BCUT2D eigenvalue weighted by atomic mass is 10.5. The molecule has 3 nitrogen and oxygen atoms in total. The Morgan fingerprint density at radius 3 is 2.79 bits per heavy atom. The van der Waals surface area contributed by atoms with Gasteiger partial charge in [-0.15, -0.1) is 10.2 Å². The maximum absolute atomic E-state index is 4.24. The molecule has 14 heavy (non-hydrogen) atoms. The minimum absolute atomic E-state index is 0.928. The van der Waals surface area contributed by atoms with Crippen molar-refractivity contribution in [1.82, 2.24) is 15.2 Å². The Morgan fingerprint density at radius 2 is 2.21 bits per heavy atom. The fraction of sp³-hybridized carbons (Fsp3) is 0.125. The zero-order chi connectivity index (χ0) is 9.97. The van der Waals surface area contributed by atoms with Crippen LogP contribution < -0.4 is 0 Å². The smallest absolute Gasteiger partial charge is 0.180 e. The highest BCUT2D eigenvalue weighted by atomic mass is 79.9. The summed E-state index contributed by atoms with van der Waals surface area (Å²) >= 11 is 6.44. The van der Waals surface area contributed by atoms with Gasteiger partial charge in [0.2, 0.25) is 0 Å². The summed E-state index contributed by atoms with van der Waals surface area (Å²) in [7, 11) is 0. The van der Waals surface area contributed by atoms with Gasteiger partial charge in [-0.05, 0) is 46.7 Å². The zero-order valence-corrected chi connectivity index (χ0v) is 10.5. The van der Waals surface area contributed by atoms with Crippen LogP contribution in [0.5, 0.6) is 0 Å². The maximum Gasteiger partial charge on any atom is 0.180 e. The number of aryl methyl sites for hydroxylation is 1. The molecule has 0 N–H and O–H groups in total. The highest BCUT2D eigenvalue weighted by molar-refractivity contribution is 9.10. The molecule has 0 saturated heterocycles. The summed E-state index contributed by atoms with van der Waals surface area (Å²) in [5.41, 5.74) is 0. The number of pyridine rings is 1. The van der Waals surface area contributed by atoms with E-state index in [-0.39, 0.29) is 0 Å². The van der Waals surface area contributed by atoms with Gasteiger partial charge in [0.05, 0.1) is 0 Å². The van der Waals surface area contributed by atoms with Crippen LogP contribution in [0, 0.1) is 6.92 Å². The topological polar surface area (TPSA) is 38.7 Å². The third-order valence-electron chi connectivity index (χ3n) is 1.40. The number of nitrogens with zero attached hydrogens (tertiary/aromatic N) is 3. The monoisotopic (exact) mass is 287 g/mol. The number of hydrogen-bond donors (Lipinski definition) is 0. The summed E-state index contributed by atoms with van der Waals surface area (Å²) in [5, 5.41) is 9.87. The van der Waals surface area contributed by atoms with Crippen molar-refractivity contribution in [1.29, 1.82) is 0 Å². The molecule has 6 heteroatoms. The minimum atomic E-state index is 0.928. The van der Waals surface area contributed by atoms with Gasteiger partial charge in [-0.3, -0.25) is 0 Å². The molecular weight excluding hydrogens is 282 g/mol. The molecule has 0 saturated carbocycles. The van der Waals surface area contributed by atoms with Gasteiger partial charge < -0.3 is 0 Å². The summed E-state index contributed by atoms with van der Waals surface area (Å²) in [6, 6.07) is 3.91. The van der Waals surface area contributed by atoms with E-state index in [0.717, 1.165) is 18.8 Å². The second-order valence-corrected chi connectivity index (χ2v) is 5.87. The number of halogens is 1. The molecule has 2 rings (SSSR count). The molecule has 0 spiro atoms.